The molecule has 1 fully saturated rings. The first kappa shape index (κ1) is 11.1. The number of nitrogens with zero attached hydrogens (tertiary/aromatic N) is 1. The van der Waals surface area contributed by atoms with Crippen LogP contribution in [0.3, 0.4) is 0 Å². The molecule has 1 saturated heterocycles. The lowest BCUT2D eigenvalue weighted by atomic mass is 10.2. The van der Waals surface area contributed by atoms with Crippen molar-refractivity contribution in [2.24, 2.45) is 0 Å². The fourth-order valence-electron chi connectivity index (χ4n) is 2.06. The van der Waals surface area contributed by atoms with E-state index in [-0.39, 0.29) is 6.04 Å². The topological polar surface area (TPSA) is 37.4 Å². The van der Waals surface area contributed by atoms with Crippen molar-refractivity contribution in [2.75, 3.05) is 6.54 Å². The Hall–Kier alpha value is -0.390. The van der Waals surface area contributed by atoms with Crippen molar-refractivity contribution in [3.63, 3.8) is 0 Å². The molecular formula is C10H15NO2S2. The van der Waals surface area contributed by atoms with E-state index in [1.165, 1.54) is 11.3 Å². The highest BCUT2D eigenvalue weighted by molar-refractivity contribution is 7.91. The molecule has 2 heterocycles. The molecule has 1 unspecified atom stereocenters. The third-order valence-electron chi connectivity index (χ3n) is 2.85. The average molecular weight is 245 g/mol. The first-order valence-electron chi connectivity index (χ1n) is 5.21. The second kappa shape index (κ2) is 4.23. The van der Waals surface area contributed by atoms with E-state index < -0.39 is 10.0 Å². The molecule has 1 aliphatic heterocycles. The lowest BCUT2D eigenvalue weighted by Gasteiger charge is -2.21. The number of hydrogen-bond donors (Lipinski definition) is 0. The molecule has 15 heavy (non-hydrogen) atoms. The van der Waals surface area contributed by atoms with Gasteiger partial charge in [-0.05, 0) is 30.7 Å². The molecule has 0 radical (unpaired) electrons. The summed E-state index contributed by atoms with van der Waals surface area (Å²) in [4.78, 5) is 0. The zero-order valence-electron chi connectivity index (χ0n) is 8.72. The highest BCUT2D eigenvalue weighted by Gasteiger charge is 2.34. The van der Waals surface area contributed by atoms with E-state index in [0.717, 1.165) is 19.3 Å². The van der Waals surface area contributed by atoms with Crippen molar-refractivity contribution in [1.29, 1.82) is 0 Å². The van der Waals surface area contributed by atoms with Crippen molar-refractivity contribution in [3.8, 4) is 0 Å². The molecule has 84 valence electrons. The Kier molecular flexibility index (Phi) is 3.13. The predicted octanol–water partition coefficient (Wildman–Crippen LogP) is 2.31. The number of rotatable bonds is 3. The van der Waals surface area contributed by atoms with Crippen molar-refractivity contribution in [3.05, 3.63) is 17.5 Å². The van der Waals surface area contributed by atoms with E-state index >= 15 is 0 Å². The summed E-state index contributed by atoms with van der Waals surface area (Å²) in [5.74, 6) is 0. The second-order valence-corrected chi connectivity index (χ2v) is 6.82. The van der Waals surface area contributed by atoms with E-state index in [9.17, 15) is 8.42 Å². The van der Waals surface area contributed by atoms with Crippen LogP contribution in [0.4, 0.5) is 0 Å². The van der Waals surface area contributed by atoms with Crippen LogP contribution in [0.2, 0.25) is 0 Å². The van der Waals surface area contributed by atoms with Crippen LogP contribution in [0, 0.1) is 0 Å². The Morgan fingerprint density at radius 2 is 2.40 bits per heavy atom. The molecule has 1 aromatic heterocycles. The van der Waals surface area contributed by atoms with E-state index in [1.807, 2.05) is 12.3 Å². The second-order valence-electron chi connectivity index (χ2n) is 3.75. The molecule has 0 N–H and O–H groups in total. The fraction of sp³-hybridized carbons (Fsp3) is 0.600. The van der Waals surface area contributed by atoms with Crippen LogP contribution in [-0.4, -0.2) is 25.3 Å². The van der Waals surface area contributed by atoms with E-state index in [0.29, 0.717) is 10.8 Å². The quantitative estimate of drug-likeness (QED) is 0.819. The molecule has 2 rings (SSSR count). The van der Waals surface area contributed by atoms with Crippen LogP contribution in [0.5, 0.6) is 0 Å². The van der Waals surface area contributed by atoms with Gasteiger partial charge in [-0.3, -0.25) is 0 Å². The summed E-state index contributed by atoms with van der Waals surface area (Å²) >= 11 is 1.30. The van der Waals surface area contributed by atoms with Gasteiger partial charge in [0.2, 0.25) is 0 Å². The van der Waals surface area contributed by atoms with Crippen LogP contribution < -0.4 is 0 Å². The Balaban J connectivity index is 2.30. The molecule has 3 nitrogen and oxygen atoms in total. The van der Waals surface area contributed by atoms with Gasteiger partial charge in [0.25, 0.3) is 10.0 Å². The minimum atomic E-state index is -3.20. The molecular weight excluding hydrogens is 230 g/mol. The van der Waals surface area contributed by atoms with Gasteiger partial charge in [0.1, 0.15) is 4.21 Å². The number of thiophene rings is 1. The highest BCUT2D eigenvalue weighted by atomic mass is 32.2. The largest absolute Gasteiger partial charge is 0.252 e. The van der Waals surface area contributed by atoms with Crippen LogP contribution in [0.25, 0.3) is 0 Å². The van der Waals surface area contributed by atoms with Crippen molar-refractivity contribution in [1.82, 2.24) is 4.31 Å². The molecule has 0 bridgehead atoms. The minimum absolute atomic E-state index is 0.206. The highest BCUT2D eigenvalue weighted by Crippen LogP contribution is 2.29. The summed E-state index contributed by atoms with van der Waals surface area (Å²) < 4.78 is 26.5. The van der Waals surface area contributed by atoms with Gasteiger partial charge in [-0.1, -0.05) is 13.0 Å². The molecule has 0 amide bonds. The molecule has 0 saturated carbocycles. The fourth-order valence-corrected chi connectivity index (χ4v) is 4.95. The predicted molar refractivity (Wildman–Crippen MR) is 61.5 cm³/mol. The van der Waals surface area contributed by atoms with E-state index in [2.05, 4.69) is 0 Å². The standard InChI is InChI=1S/C10H15NO2S2/c1-2-9-5-3-7-11(9)15(12,13)10-6-4-8-14-10/h4,6,8-9H,2-3,5,7H2,1H3. The number of sulfonamides is 1. The van der Waals surface area contributed by atoms with Gasteiger partial charge in [-0.2, -0.15) is 4.31 Å². The Morgan fingerprint density at radius 3 is 3.00 bits per heavy atom. The van der Waals surface area contributed by atoms with Gasteiger partial charge in [0.15, 0.2) is 0 Å². The van der Waals surface area contributed by atoms with Gasteiger partial charge in [0, 0.05) is 12.6 Å². The molecule has 0 aliphatic carbocycles. The molecule has 1 aromatic rings. The van der Waals surface area contributed by atoms with Gasteiger partial charge < -0.3 is 0 Å². The normalized spacial score (nSPS) is 23.4. The van der Waals surface area contributed by atoms with Crippen LogP contribution in [-0.2, 0) is 10.0 Å². The zero-order valence-corrected chi connectivity index (χ0v) is 10.4. The van der Waals surface area contributed by atoms with Crippen LogP contribution >= 0.6 is 11.3 Å². The van der Waals surface area contributed by atoms with Crippen molar-refractivity contribution in [2.45, 2.75) is 36.4 Å². The SMILES string of the molecule is CCC1CCCN1S(=O)(=O)c1cccs1. The summed E-state index contributed by atoms with van der Waals surface area (Å²) in [5.41, 5.74) is 0. The van der Waals surface area contributed by atoms with Gasteiger partial charge >= 0.3 is 0 Å². The first-order chi connectivity index (χ1) is 7.16. The minimum Gasteiger partial charge on any atom is -0.206 e. The van der Waals surface area contributed by atoms with Gasteiger partial charge in [0.05, 0.1) is 0 Å². The molecule has 5 heteroatoms. The summed E-state index contributed by atoms with van der Waals surface area (Å²) in [6.45, 7) is 2.73. The summed E-state index contributed by atoms with van der Waals surface area (Å²) in [5, 5.41) is 1.81. The maximum absolute atomic E-state index is 12.2. The van der Waals surface area contributed by atoms with Gasteiger partial charge in [-0.25, -0.2) is 8.42 Å². The van der Waals surface area contributed by atoms with E-state index in [4.69, 9.17) is 0 Å². The average Bonchev–Trinajstić information content (AvgIpc) is 2.89. The Morgan fingerprint density at radius 1 is 1.60 bits per heavy atom. The summed E-state index contributed by atoms with van der Waals surface area (Å²) in [6, 6.07) is 3.68. The lowest BCUT2D eigenvalue weighted by molar-refractivity contribution is 0.380. The molecule has 1 atom stereocenters. The third kappa shape index (κ3) is 1.96. The molecule has 0 spiro atoms. The maximum Gasteiger partial charge on any atom is 0.252 e. The summed E-state index contributed by atoms with van der Waals surface area (Å²) in [7, 11) is -3.20. The lowest BCUT2D eigenvalue weighted by Crippen LogP contribution is -2.34. The van der Waals surface area contributed by atoms with Crippen LogP contribution in [0.1, 0.15) is 26.2 Å². The van der Waals surface area contributed by atoms with Gasteiger partial charge in [-0.15, -0.1) is 11.3 Å². The smallest absolute Gasteiger partial charge is 0.206 e. The third-order valence-corrected chi connectivity index (χ3v) is 6.18. The van der Waals surface area contributed by atoms with E-state index in [1.54, 1.807) is 16.4 Å². The summed E-state index contributed by atoms with van der Waals surface area (Å²) in [6.07, 6.45) is 2.90. The molecule has 1 aliphatic rings. The monoisotopic (exact) mass is 245 g/mol. The Bertz CT molecular complexity index is 411. The molecule has 0 aromatic carbocycles. The number of hydrogen-bond acceptors (Lipinski definition) is 3. The van der Waals surface area contributed by atoms with Crippen molar-refractivity contribution >= 4 is 21.4 Å². The maximum atomic E-state index is 12.2. The first-order valence-corrected chi connectivity index (χ1v) is 7.53. The zero-order chi connectivity index (χ0) is 10.9. The van der Waals surface area contributed by atoms with Crippen molar-refractivity contribution < 1.29 is 8.42 Å². The van der Waals surface area contributed by atoms with Crippen LogP contribution in [0.15, 0.2) is 21.7 Å². The Labute approximate surface area is 94.8 Å².